The molecule has 1 unspecified atom stereocenters. The molecule has 1 aliphatic heterocycles. The zero-order chi connectivity index (χ0) is 15.6. The molecular weight excluding hydrogens is 312 g/mol. The standard InChI is InChI=1S/C16H14N4O2S/c21-16(11-1-2-13-14(7-11)23-10-19-13)20-6-3-12(9-20)22-15-8-17-4-5-18-15/h1-2,4-5,7-8,10,12H,3,6,9H2. The molecule has 0 saturated carbocycles. The van der Waals surface area contributed by atoms with Gasteiger partial charge in [-0.25, -0.2) is 9.97 Å². The molecule has 1 saturated heterocycles. The number of rotatable bonds is 3. The first-order valence-corrected chi connectivity index (χ1v) is 8.23. The molecule has 1 fully saturated rings. The molecule has 1 aliphatic rings. The molecule has 0 spiro atoms. The van der Waals surface area contributed by atoms with Gasteiger partial charge in [0.2, 0.25) is 5.88 Å². The molecule has 3 heterocycles. The highest BCUT2D eigenvalue weighted by molar-refractivity contribution is 7.16. The third-order valence-electron chi connectivity index (χ3n) is 3.84. The Balaban J connectivity index is 1.45. The lowest BCUT2D eigenvalue weighted by Gasteiger charge is -2.17. The maximum Gasteiger partial charge on any atom is 0.254 e. The number of nitrogens with zero attached hydrogens (tertiary/aromatic N) is 4. The molecule has 4 rings (SSSR count). The lowest BCUT2D eigenvalue weighted by Crippen LogP contribution is -2.31. The summed E-state index contributed by atoms with van der Waals surface area (Å²) in [5.74, 6) is 0.531. The summed E-state index contributed by atoms with van der Waals surface area (Å²) < 4.78 is 6.80. The Morgan fingerprint density at radius 2 is 2.26 bits per heavy atom. The number of hydrogen-bond acceptors (Lipinski definition) is 6. The van der Waals surface area contributed by atoms with E-state index in [2.05, 4.69) is 15.0 Å². The van der Waals surface area contributed by atoms with Crippen LogP contribution in [0.2, 0.25) is 0 Å². The number of carbonyl (C=O) groups excluding carboxylic acids is 1. The zero-order valence-electron chi connectivity index (χ0n) is 12.3. The molecule has 6 nitrogen and oxygen atoms in total. The van der Waals surface area contributed by atoms with Crippen LogP contribution in [-0.2, 0) is 0 Å². The van der Waals surface area contributed by atoms with Gasteiger partial charge in [-0.3, -0.25) is 9.78 Å². The SMILES string of the molecule is O=C(c1ccc2ncsc2c1)N1CCC(Oc2cnccn2)C1. The Bertz CT molecular complexity index is 836. The van der Waals surface area contributed by atoms with E-state index in [1.165, 1.54) is 0 Å². The summed E-state index contributed by atoms with van der Waals surface area (Å²) in [6, 6.07) is 5.64. The predicted octanol–water partition coefficient (Wildman–Crippen LogP) is 2.38. The van der Waals surface area contributed by atoms with Crippen molar-refractivity contribution in [3.8, 4) is 5.88 Å². The largest absolute Gasteiger partial charge is 0.471 e. The second-order valence-electron chi connectivity index (χ2n) is 5.36. The minimum atomic E-state index is -0.0391. The number of hydrogen-bond donors (Lipinski definition) is 0. The second kappa shape index (κ2) is 5.92. The molecule has 1 amide bonds. The third kappa shape index (κ3) is 2.87. The van der Waals surface area contributed by atoms with Crippen LogP contribution in [0.15, 0.2) is 42.3 Å². The van der Waals surface area contributed by atoms with Crippen molar-refractivity contribution in [2.24, 2.45) is 0 Å². The van der Waals surface area contributed by atoms with E-state index in [4.69, 9.17) is 4.74 Å². The minimum absolute atomic E-state index is 0.0329. The zero-order valence-corrected chi connectivity index (χ0v) is 13.1. The Morgan fingerprint density at radius 1 is 1.30 bits per heavy atom. The number of ether oxygens (including phenoxy) is 1. The van der Waals surface area contributed by atoms with Crippen molar-refractivity contribution in [3.63, 3.8) is 0 Å². The van der Waals surface area contributed by atoms with Gasteiger partial charge in [0, 0.05) is 30.9 Å². The molecule has 2 aromatic heterocycles. The van der Waals surface area contributed by atoms with Crippen molar-refractivity contribution in [3.05, 3.63) is 47.9 Å². The van der Waals surface area contributed by atoms with Gasteiger partial charge in [-0.1, -0.05) is 0 Å². The van der Waals surface area contributed by atoms with Gasteiger partial charge < -0.3 is 9.64 Å². The Morgan fingerprint density at radius 3 is 3.13 bits per heavy atom. The van der Waals surface area contributed by atoms with E-state index in [0.717, 1.165) is 16.6 Å². The Hall–Kier alpha value is -2.54. The van der Waals surface area contributed by atoms with Crippen LogP contribution in [0, 0.1) is 0 Å². The van der Waals surface area contributed by atoms with Crippen molar-refractivity contribution >= 4 is 27.5 Å². The van der Waals surface area contributed by atoms with Gasteiger partial charge in [0.1, 0.15) is 6.10 Å². The third-order valence-corrected chi connectivity index (χ3v) is 4.63. The van der Waals surface area contributed by atoms with Crippen molar-refractivity contribution in [1.29, 1.82) is 0 Å². The maximum absolute atomic E-state index is 12.6. The summed E-state index contributed by atoms with van der Waals surface area (Å²) in [7, 11) is 0. The van der Waals surface area contributed by atoms with Gasteiger partial charge >= 0.3 is 0 Å². The van der Waals surface area contributed by atoms with Gasteiger partial charge in [-0.2, -0.15) is 0 Å². The quantitative estimate of drug-likeness (QED) is 0.739. The first-order valence-electron chi connectivity index (χ1n) is 7.35. The molecule has 1 atom stereocenters. The average molecular weight is 326 g/mol. The highest BCUT2D eigenvalue weighted by atomic mass is 32.1. The predicted molar refractivity (Wildman–Crippen MR) is 86.6 cm³/mol. The van der Waals surface area contributed by atoms with Crippen LogP contribution >= 0.6 is 11.3 Å². The molecule has 3 aromatic rings. The first-order chi connectivity index (χ1) is 11.3. The van der Waals surface area contributed by atoms with Crippen LogP contribution in [0.1, 0.15) is 16.8 Å². The summed E-state index contributed by atoms with van der Waals surface area (Å²) in [6.07, 6.45) is 5.54. The molecule has 23 heavy (non-hydrogen) atoms. The fourth-order valence-corrected chi connectivity index (χ4v) is 3.41. The van der Waals surface area contributed by atoms with Gasteiger partial charge in [-0.15, -0.1) is 11.3 Å². The van der Waals surface area contributed by atoms with E-state index < -0.39 is 0 Å². The molecule has 1 aromatic carbocycles. The topological polar surface area (TPSA) is 68.2 Å². The molecule has 0 bridgehead atoms. The van der Waals surface area contributed by atoms with E-state index in [0.29, 0.717) is 24.5 Å². The van der Waals surface area contributed by atoms with Crippen LogP contribution < -0.4 is 4.74 Å². The van der Waals surface area contributed by atoms with E-state index in [9.17, 15) is 4.79 Å². The number of thiazole rings is 1. The monoisotopic (exact) mass is 326 g/mol. The maximum atomic E-state index is 12.6. The molecule has 116 valence electrons. The highest BCUT2D eigenvalue weighted by Gasteiger charge is 2.28. The minimum Gasteiger partial charge on any atom is -0.471 e. The Labute approximate surface area is 136 Å². The van der Waals surface area contributed by atoms with E-state index >= 15 is 0 Å². The van der Waals surface area contributed by atoms with Crippen LogP contribution in [0.4, 0.5) is 0 Å². The van der Waals surface area contributed by atoms with Crippen LogP contribution in [0.5, 0.6) is 5.88 Å². The summed E-state index contributed by atoms with van der Waals surface area (Å²) >= 11 is 1.54. The summed E-state index contributed by atoms with van der Waals surface area (Å²) in [5, 5.41) is 0. The van der Waals surface area contributed by atoms with Gasteiger partial charge in [0.25, 0.3) is 5.91 Å². The van der Waals surface area contributed by atoms with Gasteiger partial charge in [-0.05, 0) is 18.2 Å². The van der Waals surface area contributed by atoms with E-state index in [-0.39, 0.29) is 12.0 Å². The molecular formula is C16H14N4O2S. The Kier molecular flexibility index (Phi) is 3.63. The second-order valence-corrected chi connectivity index (χ2v) is 6.24. The number of fused-ring (bicyclic) bond motifs is 1. The first kappa shape index (κ1) is 14.1. The number of aromatic nitrogens is 3. The lowest BCUT2D eigenvalue weighted by molar-refractivity contribution is 0.0771. The van der Waals surface area contributed by atoms with Crippen LogP contribution in [-0.4, -0.2) is 45.0 Å². The van der Waals surface area contributed by atoms with Crippen LogP contribution in [0.25, 0.3) is 10.2 Å². The van der Waals surface area contributed by atoms with E-state index in [1.54, 1.807) is 35.4 Å². The van der Waals surface area contributed by atoms with Crippen molar-refractivity contribution < 1.29 is 9.53 Å². The molecule has 0 N–H and O–H groups in total. The number of amides is 1. The summed E-state index contributed by atoms with van der Waals surface area (Å²) in [6.45, 7) is 1.25. The van der Waals surface area contributed by atoms with Crippen LogP contribution in [0.3, 0.4) is 0 Å². The average Bonchev–Trinajstić information content (AvgIpc) is 3.23. The molecule has 0 radical (unpaired) electrons. The number of likely N-dealkylation sites (tertiary alicyclic amines) is 1. The fraction of sp³-hybridized carbons (Fsp3) is 0.250. The van der Waals surface area contributed by atoms with E-state index in [1.807, 2.05) is 23.1 Å². The highest BCUT2D eigenvalue weighted by Crippen LogP contribution is 2.22. The van der Waals surface area contributed by atoms with Crippen molar-refractivity contribution in [1.82, 2.24) is 19.9 Å². The summed E-state index contributed by atoms with van der Waals surface area (Å²) in [5.41, 5.74) is 3.42. The number of carbonyl (C=O) groups is 1. The number of benzene rings is 1. The summed E-state index contributed by atoms with van der Waals surface area (Å²) in [4.78, 5) is 26.8. The lowest BCUT2D eigenvalue weighted by atomic mass is 10.2. The van der Waals surface area contributed by atoms with Crippen molar-refractivity contribution in [2.45, 2.75) is 12.5 Å². The van der Waals surface area contributed by atoms with Gasteiger partial charge in [0.15, 0.2) is 0 Å². The molecule has 0 aliphatic carbocycles. The smallest absolute Gasteiger partial charge is 0.254 e. The van der Waals surface area contributed by atoms with Gasteiger partial charge in [0.05, 0.1) is 28.5 Å². The molecule has 7 heteroatoms. The fourth-order valence-electron chi connectivity index (χ4n) is 2.70. The normalized spacial score (nSPS) is 17.6. The van der Waals surface area contributed by atoms with Crippen molar-refractivity contribution in [2.75, 3.05) is 13.1 Å².